The molecule has 0 radical (unpaired) electrons. The van der Waals surface area contributed by atoms with Crippen LogP contribution in [0, 0.1) is 0 Å². The Kier molecular flexibility index (Phi) is 4.11. The molecule has 0 unspecified atom stereocenters. The van der Waals surface area contributed by atoms with Gasteiger partial charge in [-0.3, -0.25) is 9.80 Å². The average molecular weight is 272 g/mol. The van der Waals surface area contributed by atoms with Gasteiger partial charge in [0.25, 0.3) is 0 Å². The minimum Gasteiger partial charge on any atom is -0.307 e. The fraction of sp³-hybridized carbons (Fsp3) is 0.111. The molecule has 0 bridgehead atoms. The Morgan fingerprint density at radius 3 is 2.53 bits per heavy atom. The van der Waals surface area contributed by atoms with Crippen molar-refractivity contribution in [1.29, 1.82) is 0 Å². The Morgan fingerprint density at radius 1 is 1.40 bits per heavy atom. The van der Waals surface area contributed by atoms with Crippen molar-refractivity contribution in [3.8, 4) is 0 Å². The smallest absolute Gasteiger partial charge is 0.307 e. The highest BCUT2D eigenvalue weighted by Crippen LogP contribution is 2.13. The third-order valence-electron chi connectivity index (χ3n) is 1.54. The predicted molar refractivity (Wildman–Crippen MR) is 60.1 cm³/mol. The standard InChI is InChI=1S/C9H10BrN3O2/c1-13(6-14)12-9(15)11-8-4-2-7(10)3-5-8/h2-6H,1H3,(H2,11,12,15). The Bertz CT molecular complexity index is 353. The fourth-order valence-corrected chi connectivity index (χ4v) is 1.14. The molecule has 0 atom stereocenters. The highest BCUT2D eigenvalue weighted by molar-refractivity contribution is 9.10. The van der Waals surface area contributed by atoms with Gasteiger partial charge in [-0.05, 0) is 24.3 Å². The molecule has 3 amide bonds. The van der Waals surface area contributed by atoms with E-state index >= 15 is 0 Å². The van der Waals surface area contributed by atoms with E-state index in [1.54, 1.807) is 24.3 Å². The van der Waals surface area contributed by atoms with E-state index in [-0.39, 0.29) is 0 Å². The van der Waals surface area contributed by atoms with E-state index in [0.717, 1.165) is 9.48 Å². The summed E-state index contributed by atoms with van der Waals surface area (Å²) in [4.78, 5) is 21.4. The fourth-order valence-electron chi connectivity index (χ4n) is 0.879. The third-order valence-corrected chi connectivity index (χ3v) is 2.07. The molecule has 0 aromatic heterocycles. The summed E-state index contributed by atoms with van der Waals surface area (Å²) in [5, 5.41) is 3.58. The number of hydrogen-bond acceptors (Lipinski definition) is 2. The Labute approximate surface area is 95.5 Å². The minimum absolute atomic E-state index is 0.466. The first kappa shape index (κ1) is 11.5. The first-order valence-electron chi connectivity index (χ1n) is 4.13. The second-order valence-corrected chi connectivity index (χ2v) is 3.70. The van der Waals surface area contributed by atoms with Gasteiger partial charge in [-0.15, -0.1) is 0 Å². The largest absolute Gasteiger partial charge is 0.338 e. The number of nitrogens with one attached hydrogen (secondary N) is 2. The van der Waals surface area contributed by atoms with Crippen LogP contribution >= 0.6 is 15.9 Å². The van der Waals surface area contributed by atoms with Gasteiger partial charge in [0.1, 0.15) is 0 Å². The molecule has 1 rings (SSSR count). The first-order chi connectivity index (χ1) is 7.11. The van der Waals surface area contributed by atoms with Gasteiger partial charge < -0.3 is 5.32 Å². The number of hydrogen-bond donors (Lipinski definition) is 2. The Hall–Kier alpha value is -1.56. The van der Waals surface area contributed by atoms with Crippen LogP contribution in [0.5, 0.6) is 0 Å². The van der Waals surface area contributed by atoms with Crippen LogP contribution in [-0.4, -0.2) is 24.5 Å². The molecule has 1 aromatic rings. The molecule has 0 spiro atoms. The van der Waals surface area contributed by atoms with Gasteiger partial charge in [0.2, 0.25) is 6.41 Å². The highest BCUT2D eigenvalue weighted by atomic mass is 79.9. The van der Waals surface area contributed by atoms with Crippen molar-refractivity contribution in [1.82, 2.24) is 10.4 Å². The van der Waals surface area contributed by atoms with E-state index in [0.29, 0.717) is 12.1 Å². The summed E-state index contributed by atoms with van der Waals surface area (Å²) in [6, 6.07) is 6.62. The molecule has 0 aliphatic rings. The number of halogens is 1. The number of hydrazine groups is 1. The lowest BCUT2D eigenvalue weighted by Gasteiger charge is -2.12. The van der Waals surface area contributed by atoms with Gasteiger partial charge in [-0.1, -0.05) is 15.9 Å². The lowest BCUT2D eigenvalue weighted by molar-refractivity contribution is -0.118. The van der Waals surface area contributed by atoms with Crippen molar-refractivity contribution in [3.63, 3.8) is 0 Å². The Morgan fingerprint density at radius 2 is 2.00 bits per heavy atom. The molecule has 80 valence electrons. The molecular weight excluding hydrogens is 262 g/mol. The monoisotopic (exact) mass is 271 g/mol. The summed E-state index contributed by atoms with van der Waals surface area (Å²) < 4.78 is 0.929. The van der Waals surface area contributed by atoms with Crippen LogP contribution < -0.4 is 10.7 Å². The maximum Gasteiger partial charge on any atom is 0.338 e. The van der Waals surface area contributed by atoms with Crippen molar-refractivity contribution in [3.05, 3.63) is 28.7 Å². The van der Waals surface area contributed by atoms with Gasteiger partial charge >= 0.3 is 6.03 Å². The Balaban J connectivity index is 2.51. The van der Waals surface area contributed by atoms with Crippen LogP contribution in [0.2, 0.25) is 0 Å². The van der Waals surface area contributed by atoms with E-state index in [9.17, 15) is 9.59 Å². The summed E-state index contributed by atoms with van der Waals surface area (Å²) >= 11 is 3.28. The van der Waals surface area contributed by atoms with Gasteiger partial charge in [0.05, 0.1) is 0 Å². The number of nitrogens with zero attached hydrogens (tertiary/aromatic N) is 1. The van der Waals surface area contributed by atoms with Gasteiger partial charge in [0.15, 0.2) is 0 Å². The third kappa shape index (κ3) is 3.99. The lowest BCUT2D eigenvalue weighted by Crippen LogP contribution is -2.40. The van der Waals surface area contributed by atoms with Crippen LogP contribution in [0.15, 0.2) is 28.7 Å². The average Bonchev–Trinajstić information content (AvgIpc) is 2.21. The van der Waals surface area contributed by atoms with Gasteiger partial charge in [-0.2, -0.15) is 0 Å². The highest BCUT2D eigenvalue weighted by Gasteiger charge is 2.02. The number of carbonyl (C=O) groups is 2. The lowest BCUT2D eigenvalue weighted by atomic mass is 10.3. The van der Waals surface area contributed by atoms with E-state index < -0.39 is 6.03 Å². The molecule has 0 aliphatic heterocycles. The maximum absolute atomic E-state index is 11.2. The molecule has 0 fully saturated rings. The number of anilines is 1. The maximum atomic E-state index is 11.2. The van der Waals surface area contributed by atoms with E-state index in [2.05, 4.69) is 26.7 Å². The second kappa shape index (κ2) is 5.35. The van der Waals surface area contributed by atoms with E-state index in [4.69, 9.17) is 0 Å². The summed E-state index contributed by atoms with van der Waals surface area (Å²) in [7, 11) is 1.44. The van der Waals surface area contributed by atoms with Crippen molar-refractivity contribution in [2.24, 2.45) is 0 Å². The topological polar surface area (TPSA) is 61.4 Å². The van der Waals surface area contributed by atoms with Crippen LogP contribution in [0.3, 0.4) is 0 Å². The molecule has 1 aromatic carbocycles. The summed E-state index contributed by atoms with van der Waals surface area (Å²) in [5.74, 6) is 0. The number of amides is 3. The van der Waals surface area contributed by atoms with Gasteiger partial charge in [-0.25, -0.2) is 10.2 Å². The minimum atomic E-state index is -0.466. The van der Waals surface area contributed by atoms with Crippen molar-refractivity contribution < 1.29 is 9.59 Å². The molecular formula is C9H10BrN3O2. The number of rotatable bonds is 3. The molecule has 5 nitrogen and oxygen atoms in total. The number of benzene rings is 1. The van der Waals surface area contributed by atoms with Crippen molar-refractivity contribution in [2.45, 2.75) is 0 Å². The molecule has 6 heteroatoms. The number of urea groups is 1. The molecule has 0 aliphatic carbocycles. The van der Waals surface area contributed by atoms with Crippen molar-refractivity contribution >= 4 is 34.1 Å². The molecule has 15 heavy (non-hydrogen) atoms. The zero-order chi connectivity index (χ0) is 11.3. The van der Waals surface area contributed by atoms with Crippen LogP contribution in [0.4, 0.5) is 10.5 Å². The quantitative estimate of drug-likeness (QED) is 0.648. The SMILES string of the molecule is CN(C=O)NC(=O)Nc1ccc(Br)cc1. The molecule has 2 N–H and O–H groups in total. The van der Waals surface area contributed by atoms with Gasteiger partial charge in [0, 0.05) is 17.2 Å². The molecule has 0 saturated carbocycles. The summed E-state index contributed by atoms with van der Waals surface area (Å²) in [6.07, 6.45) is 0.501. The van der Waals surface area contributed by atoms with Crippen LogP contribution in [-0.2, 0) is 4.79 Å². The van der Waals surface area contributed by atoms with Crippen LogP contribution in [0.1, 0.15) is 0 Å². The normalized spacial score (nSPS) is 9.20. The number of carbonyl (C=O) groups excluding carboxylic acids is 2. The molecule has 0 saturated heterocycles. The molecule has 0 heterocycles. The summed E-state index contributed by atoms with van der Waals surface area (Å²) in [6.45, 7) is 0. The van der Waals surface area contributed by atoms with Crippen LogP contribution in [0.25, 0.3) is 0 Å². The zero-order valence-electron chi connectivity index (χ0n) is 8.03. The van der Waals surface area contributed by atoms with E-state index in [1.165, 1.54) is 7.05 Å². The zero-order valence-corrected chi connectivity index (χ0v) is 9.61. The first-order valence-corrected chi connectivity index (χ1v) is 4.92. The second-order valence-electron chi connectivity index (χ2n) is 2.79. The predicted octanol–water partition coefficient (Wildman–Crippen LogP) is 1.57. The van der Waals surface area contributed by atoms with Crippen molar-refractivity contribution in [2.75, 3.05) is 12.4 Å². The van der Waals surface area contributed by atoms with E-state index in [1.807, 2.05) is 0 Å². The summed E-state index contributed by atoms with van der Waals surface area (Å²) in [5.41, 5.74) is 2.94.